The van der Waals surface area contributed by atoms with Gasteiger partial charge >= 0.3 is 0 Å². The van der Waals surface area contributed by atoms with E-state index < -0.39 is 0 Å². The molecule has 4 heteroatoms. The number of hydrogen-bond acceptors (Lipinski definition) is 3. The van der Waals surface area contributed by atoms with E-state index >= 15 is 0 Å². The molecule has 0 bridgehead atoms. The zero-order valence-electron chi connectivity index (χ0n) is 9.84. The predicted octanol–water partition coefficient (Wildman–Crippen LogP) is 1.73. The SMILES string of the molecule is N[C@@H](CSc1ccccc1)CC(=O)N1CCC1. The number of hydrogen-bond donors (Lipinski definition) is 1. The van der Waals surface area contributed by atoms with Gasteiger partial charge in [-0.05, 0) is 18.6 Å². The van der Waals surface area contributed by atoms with Crippen molar-refractivity contribution in [1.82, 2.24) is 4.90 Å². The van der Waals surface area contributed by atoms with Crippen LogP contribution in [0.3, 0.4) is 0 Å². The number of benzene rings is 1. The molecule has 0 unspecified atom stereocenters. The molecular formula is C13H18N2OS. The van der Waals surface area contributed by atoms with E-state index in [4.69, 9.17) is 5.73 Å². The fourth-order valence-electron chi connectivity index (χ4n) is 1.70. The molecule has 3 nitrogen and oxygen atoms in total. The normalized spacial score (nSPS) is 16.4. The Morgan fingerprint density at radius 3 is 2.65 bits per heavy atom. The van der Waals surface area contributed by atoms with Crippen molar-refractivity contribution in [3.8, 4) is 0 Å². The maximum Gasteiger partial charge on any atom is 0.224 e. The van der Waals surface area contributed by atoms with Crippen LogP contribution in [-0.4, -0.2) is 35.7 Å². The highest BCUT2D eigenvalue weighted by Gasteiger charge is 2.21. The van der Waals surface area contributed by atoms with E-state index in [9.17, 15) is 4.79 Å². The number of carbonyl (C=O) groups excluding carboxylic acids is 1. The van der Waals surface area contributed by atoms with E-state index in [1.54, 1.807) is 11.8 Å². The first-order chi connectivity index (χ1) is 8.25. The molecule has 2 rings (SSSR count). The number of nitrogens with zero attached hydrogens (tertiary/aromatic N) is 1. The van der Waals surface area contributed by atoms with Gasteiger partial charge in [0.15, 0.2) is 0 Å². The van der Waals surface area contributed by atoms with Gasteiger partial charge < -0.3 is 10.6 Å². The van der Waals surface area contributed by atoms with E-state index in [1.807, 2.05) is 23.1 Å². The third kappa shape index (κ3) is 3.75. The van der Waals surface area contributed by atoms with Crippen molar-refractivity contribution in [3.63, 3.8) is 0 Å². The first-order valence-electron chi connectivity index (χ1n) is 5.97. The van der Waals surface area contributed by atoms with Gasteiger partial charge in [-0.25, -0.2) is 0 Å². The average molecular weight is 250 g/mol. The van der Waals surface area contributed by atoms with Crippen LogP contribution in [0.1, 0.15) is 12.8 Å². The first kappa shape index (κ1) is 12.5. The van der Waals surface area contributed by atoms with Gasteiger partial charge in [-0.1, -0.05) is 18.2 Å². The van der Waals surface area contributed by atoms with Crippen molar-refractivity contribution in [2.45, 2.75) is 23.8 Å². The van der Waals surface area contributed by atoms with Crippen LogP contribution < -0.4 is 5.73 Å². The molecule has 17 heavy (non-hydrogen) atoms. The Labute approximate surface area is 106 Å². The third-order valence-electron chi connectivity index (χ3n) is 2.85. The molecule has 0 saturated carbocycles. The van der Waals surface area contributed by atoms with E-state index in [1.165, 1.54) is 4.90 Å². The summed E-state index contributed by atoms with van der Waals surface area (Å²) in [6.07, 6.45) is 1.61. The quantitative estimate of drug-likeness (QED) is 0.810. The summed E-state index contributed by atoms with van der Waals surface area (Å²) in [6, 6.07) is 10.1. The summed E-state index contributed by atoms with van der Waals surface area (Å²) in [5.74, 6) is 1.00. The lowest BCUT2D eigenvalue weighted by molar-refractivity contribution is -0.134. The summed E-state index contributed by atoms with van der Waals surface area (Å²) >= 11 is 1.71. The summed E-state index contributed by atoms with van der Waals surface area (Å²) in [6.45, 7) is 1.83. The van der Waals surface area contributed by atoms with Gasteiger partial charge in [0.05, 0.1) is 0 Å². The lowest BCUT2D eigenvalue weighted by atomic mass is 10.1. The number of carbonyl (C=O) groups is 1. The van der Waals surface area contributed by atoms with Crippen LogP contribution in [0, 0.1) is 0 Å². The summed E-state index contributed by atoms with van der Waals surface area (Å²) in [7, 11) is 0. The highest BCUT2D eigenvalue weighted by atomic mass is 32.2. The van der Waals surface area contributed by atoms with Crippen molar-refractivity contribution in [1.29, 1.82) is 0 Å². The fraction of sp³-hybridized carbons (Fsp3) is 0.462. The molecule has 1 saturated heterocycles. The zero-order valence-corrected chi connectivity index (χ0v) is 10.7. The monoisotopic (exact) mass is 250 g/mol. The largest absolute Gasteiger partial charge is 0.343 e. The molecule has 1 aliphatic rings. The van der Waals surface area contributed by atoms with Crippen molar-refractivity contribution in [2.24, 2.45) is 5.73 Å². The number of rotatable bonds is 5. The fourth-order valence-corrected chi connectivity index (χ4v) is 2.57. The van der Waals surface area contributed by atoms with Gasteiger partial charge in [0.2, 0.25) is 5.91 Å². The summed E-state index contributed by atoms with van der Waals surface area (Å²) < 4.78 is 0. The molecule has 0 spiro atoms. The summed E-state index contributed by atoms with van der Waals surface area (Å²) in [5.41, 5.74) is 5.97. The van der Waals surface area contributed by atoms with Gasteiger partial charge in [0, 0.05) is 36.2 Å². The van der Waals surface area contributed by atoms with E-state index in [2.05, 4.69) is 12.1 Å². The third-order valence-corrected chi connectivity index (χ3v) is 4.05. The zero-order chi connectivity index (χ0) is 12.1. The van der Waals surface area contributed by atoms with Gasteiger partial charge in [-0.3, -0.25) is 4.79 Å². The molecule has 1 aromatic carbocycles. The topological polar surface area (TPSA) is 46.3 Å². The molecule has 1 heterocycles. The maximum absolute atomic E-state index is 11.7. The molecular weight excluding hydrogens is 232 g/mol. The van der Waals surface area contributed by atoms with Crippen molar-refractivity contribution < 1.29 is 4.79 Å². The second-order valence-corrected chi connectivity index (χ2v) is 5.42. The molecule has 2 N–H and O–H groups in total. The van der Waals surface area contributed by atoms with Crippen LogP contribution in [-0.2, 0) is 4.79 Å². The van der Waals surface area contributed by atoms with E-state index in [0.717, 1.165) is 25.3 Å². The molecule has 1 atom stereocenters. The minimum absolute atomic E-state index is 0.0479. The van der Waals surface area contributed by atoms with Gasteiger partial charge in [0.25, 0.3) is 0 Å². The predicted molar refractivity (Wildman–Crippen MR) is 71.0 cm³/mol. The van der Waals surface area contributed by atoms with Gasteiger partial charge in [0.1, 0.15) is 0 Å². The molecule has 1 fully saturated rings. The minimum Gasteiger partial charge on any atom is -0.343 e. The summed E-state index contributed by atoms with van der Waals surface area (Å²) in [5, 5.41) is 0. The lowest BCUT2D eigenvalue weighted by Gasteiger charge is -2.31. The molecule has 1 aliphatic heterocycles. The molecule has 92 valence electrons. The van der Waals surface area contributed by atoms with E-state index in [0.29, 0.717) is 6.42 Å². The van der Waals surface area contributed by atoms with Crippen LogP contribution in [0.25, 0.3) is 0 Å². The standard InChI is InChI=1S/C13H18N2OS/c14-11(9-13(16)15-7-4-8-15)10-17-12-5-2-1-3-6-12/h1-3,5-6,11H,4,7-10,14H2/t11-/m1/s1. The highest BCUT2D eigenvalue weighted by molar-refractivity contribution is 7.99. The average Bonchev–Trinajstić information content (AvgIpc) is 2.25. The Bertz CT molecular complexity index is 365. The van der Waals surface area contributed by atoms with Crippen molar-refractivity contribution in [2.75, 3.05) is 18.8 Å². The smallest absolute Gasteiger partial charge is 0.224 e. The van der Waals surface area contributed by atoms with Crippen molar-refractivity contribution in [3.05, 3.63) is 30.3 Å². The Morgan fingerprint density at radius 1 is 1.35 bits per heavy atom. The van der Waals surface area contributed by atoms with Gasteiger partial charge in [-0.2, -0.15) is 0 Å². The van der Waals surface area contributed by atoms with Crippen molar-refractivity contribution >= 4 is 17.7 Å². The molecule has 0 radical (unpaired) electrons. The first-order valence-corrected chi connectivity index (χ1v) is 6.95. The number of nitrogens with two attached hydrogens (primary N) is 1. The Balaban J connectivity index is 1.70. The molecule has 1 aromatic rings. The van der Waals surface area contributed by atoms with Crippen LogP contribution in [0.4, 0.5) is 0 Å². The number of thioether (sulfide) groups is 1. The highest BCUT2D eigenvalue weighted by Crippen LogP contribution is 2.18. The van der Waals surface area contributed by atoms with Crippen LogP contribution in [0.5, 0.6) is 0 Å². The number of amides is 1. The second kappa shape index (κ2) is 6.07. The number of likely N-dealkylation sites (tertiary alicyclic amines) is 1. The molecule has 0 aliphatic carbocycles. The van der Waals surface area contributed by atoms with Crippen LogP contribution >= 0.6 is 11.8 Å². The minimum atomic E-state index is -0.0479. The van der Waals surface area contributed by atoms with E-state index in [-0.39, 0.29) is 11.9 Å². The molecule has 0 aromatic heterocycles. The maximum atomic E-state index is 11.7. The van der Waals surface area contributed by atoms with Gasteiger partial charge in [-0.15, -0.1) is 11.8 Å². The van der Waals surface area contributed by atoms with Crippen LogP contribution in [0.2, 0.25) is 0 Å². The Kier molecular flexibility index (Phi) is 4.45. The lowest BCUT2D eigenvalue weighted by Crippen LogP contribution is -2.44. The van der Waals surface area contributed by atoms with Crippen LogP contribution in [0.15, 0.2) is 35.2 Å². The Hall–Kier alpha value is -1.00. The Morgan fingerprint density at radius 2 is 2.06 bits per heavy atom. The summed E-state index contributed by atoms with van der Waals surface area (Å²) in [4.78, 5) is 14.8. The second-order valence-electron chi connectivity index (χ2n) is 4.32. The molecule has 1 amide bonds.